The number of ether oxygens (including phenoxy) is 1. The third-order valence-corrected chi connectivity index (χ3v) is 7.78. The molecule has 1 saturated heterocycles. The van der Waals surface area contributed by atoms with Crippen molar-refractivity contribution in [3.63, 3.8) is 0 Å². The van der Waals surface area contributed by atoms with Crippen LogP contribution in [0.4, 0.5) is 0 Å². The molecule has 5 nitrogen and oxygen atoms in total. The number of aromatic nitrogens is 1. The molecule has 4 heterocycles. The zero-order valence-electron chi connectivity index (χ0n) is 16.0. The first-order valence-corrected chi connectivity index (χ1v) is 10.4. The predicted molar refractivity (Wildman–Crippen MR) is 97.9 cm³/mol. The lowest BCUT2D eigenvalue weighted by Crippen LogP contribution is -2.60. The van der Waals surface area contributed by atoms with Crippen LogP contribution in [0.3, 0.4) is 0 Å². The average Bonchev–Trinajstić information content (AvgIpc) is 3.02. The number of rotatable bonds is 2. The molecule has 4 aliphatic rings. The maximum absolute atomic E-state index is 12.9. The molecule has 0 spiro atoms. The maximum atomic E-state index is 12.9. The lowest BCUT2D eigenvalue weighted by atomic mass is 9.62. The van der Waals surface area contributed by atoms with Gasteiger partial charge in [0.05, 0.1) is 13.2 Å². The average molecular weight is 358 g/mol. The van der Waals surface area contributed by atoms with Gasteiger partial charge in [-0.1, -0.05) is 6.92 Å². The molecule has 0 radical (unpaired) electrons. The molecule has 0 saturated carbocycles. The molecule has 1 aliphatic carbocycles. The van der Waals surface area contributed by atoms with Gasteiger partial charge in [-0.2, -0.15) is 0 Å². The molecular formula is C21H30N2O3. The Hall–Kier alpha value is -1.33. The molecule has 0 amide bonds. The van der Waals surface area contributed by atoms with Crippen LogP contribution in [-0.4, -0.2) is 40.7 Å². The first kappa shape index (κ1) is 16.8. The summed E-state index contributed by atoms with van der Waals surface area (Å²) in [6.07, 6.45) is 9.17. The number of esters is 1. The van der Waals surface area contributed by atoms with E-state index in [0.29, 0.717) is 12.5 Å². The highest BCUT2D eigenvalue weighted by atomic mass is 16.5. The summed E-state index contributed by atoms with van der Waals surface area (Å²) in [4.78, 5) is 15.5. The molecule has 1 fully saturated rings. The van der Waals surface area contributed by atoms with E-state index in [-0.39, 0.29) is 5.41 Å². The standard InChI is InChI=1S/C21H30N2O3/c1-3-20-10-6-11-22-12-9-15-14-7-4-5-8-16(14)23(17(15)18(20)22)21(25,13-20)19(24)26-2/h18,25H,3-13H2,1-2H3/t18-,20+,21-/m1/s1. The Kier molecular flexibility index (Phi) is 3.61. The van der Waals surface area contributed by atoms with Crippen molar-refractivity contribution in [2.45, 2.75) is 76.5 Å². The van der Waals surface area contributed by atoms with Crippen LogP contribution in [0.2, 0.25) is 0 Å². The first-order valence-electron chi connectivity index (χ1n) is 10.4. The number of carbonyl (C=O) groups is 1. The lowest BCUT2D eigenvalue weighted by molar-refractivity contribution is -0.195. The molecule has 3 atom stereocenters. The fourth-order valence-electron chi connectivity index (χ4n) is 6.71. The Morgan fingerprint density at radius 1 is 1.19 bits per heavy atom. The van der Waals surface area contributed by atoms with Crippen molar-refractivity contribution >= 4 is 5.97 Å². The number of methoxy groups -OCH3 is 1. The minimum absolute atomic E-state index is 0.0344. The van der Waals surface area contributed by atoms with E-state index < -0.39 is 11.7 Å². The topological polar surface area (TPSA) is 54.7 Å². The number of piperidine rings is 1. The van der Waals surface area contributed by atoms with E-state index >= 15 is 0 Å². The highest BCUT2D eigenvalue weighted by Gasteiger charge is 2.60. The number of nitrogens with zero attached hydrogens (tertiary/aromatic N) is 2. The zero-order valence-corrected chi connectivity index (χ0v) is 16.0. The zero-order chi connectivity index (χ0) is 18.1. The van der Waals surface area contributed by atoms with Crippen molar-refractivity contribution in [3.05, 3.63) is 22.5 Å². The summed E-state index contributed by atoms with van der Waals surface area (Å²) in [5.41, 5.74) is 3.77. The van der Waals surface area contributed by atoms with E-state index in [0.717, 1.165) is 58.0 Å². The predicted octanol–water partition coefficient (Wildman–Crippen LogP) is 2.68. The van der Waals surface area contributed by atoms with E-state index in [1.807, 2.05) is 0 Å². The molecule has 142 valence electrons. The summed E-state index contributed by atoms with van der Waals surface area (Å²) in [5, 5.41) is 11.8. The van der Waals surface area contributed by atoms with Gasteiger partial charge in [0.15, 0.2) is 0 Å². The second kappa shape index (κ2) is 5.59. The summed E-state index contributed by atoms with van der Waals surface area (Å²) in [5.74, 6) is -0.488. The van der Waals surface area contributed by atoms with E-state index in [1.165, 1.54) is 36.0 Å². The molecule has 0 unspecified atom stereocenters. The molecule has 1 aromatic heterocycles. The van der Waals surface area contributed by atoms with Gasteiger partial charge < -0.3 is 14.4 Å². The van der Waals surface area contributed by atoms with Gasteiger partial charge in [-0.15, -0.1) is 0 Å². The van der Waals surface area contributed by atoms with Crippen LogP contribution in [0.15, 0.2) is 0 Å². The second-order valence-corrected chi connectivity index (χ2v) is 8.82. The van der Waals surface area contributed by atoms with Crippen LogP contribution in [-0.2, 0) is 34.5 Å². The summed E-state index contributed by atoms with van der Waals surface area (Å²) in [7, 11) is 1.40. The van der Waals surface area contributed by atoms with E-state index in [4.69, 9.17) is 4.74 Å². The van der Waals surface area contributed by atoms with Gasteiger partial charge in [0, 0.05) is 24.4 Å². The van der Waals surface area contributed by atoms with Gasteiger partial charge in [0.25, 0.3) is 0 Å². The quantitative estimate of drug-likeness (QED) is 0.826. The normalized spacial score (nSPS) is 35.6. The van der Waals surface area contributed by atoms with Crippen molar-refractivity contribution in [2.24, 2.45) is 5.41 Å². The molecule has 3 aliphatic heterocycles. The van der Waals surface area contributed by atoms with Gasteiger partial charge in [0.2, 0.25) is 5.72 Å². The van der Waals surface area contributed by atoms with E-state index in [2.05, 4.69) is 16.4 Å². The van der Waals surface area contributed by atoms with Gasteiger partial charge in [-0.25, -0.2) is 4.79 Å². The van der Waals surface area contributed by atoms with Crippen molar-refractivity contribution in [3.8, 4) is 0 Å². The summed E-state index contributed by atoms with van der Waals surface area (Å²) >= 11 is 0. The molecule has 0 aromatic carbocycles. The van der Waals surface area contributed by atoms with Gasteiger partial charge >= 0.3 is 5.97 Å². The maximum Gasteiger partial charge on any atom is 0.359 e. The number of fused-ring (bicyclic) bond motifs is 3. The highest BCUT2D eigenvalue weighted by Crippen LogP contribution is 2.60. The summed E-state index contributed by atoms with van der Waals surface area (Å²) < 4.78 is 7.19. The second-order valence-electron chi connectivity index (χ2n) is 8.82. The van der Waals surface area contributed by atoms with Crippen LogP contribution in [0.1, 0.15) is 74.0 Å². The first-order chi connectivity index (χ1) is 12.6. The smallest absolute Gasteiger partial charge is 0.359 e. The SMILES string of the molecule is CC[C@@]12CCCN3CCc4c5c(n(c4[C@@H]31)[C@](O)(C(=O)OC)C2)CCCC5. The molecule has 1 N–H and O–H groups in total. The number of aliphatic hydroxyl groups is 1. The Labute approximate surface area is 155 Å². The number of carbonyl (C=O) groups excluding carboxylic acids is 1. The van der Waals surface area contributed by atoms with Crippen molar-refractivity contribution in [2.75, 3.05) is 20.2 Å². The molecular weight excluding hydrogens is 328 g/mol. The monoisotopic (exact) mass is 358 g/mol. The van der Waals surface area contributed by atoms with Crippen molar-refractivity contribution < 1.29 is 14.6 Å². The van der Waals surface area contributed by atoms with Crippen molar-refractivity contribution in [1.82, 2.24) is 9.47 Å². The van der Waals surface area contributed by atoms with E-state index in [9.17, 15) is 9.90 Å². The largest absolute Gasteiger partial charge is 0.465 e. The number of hydrogen-bond donors (Lipinski definition) is 1. The lowest BCUT2D eigenvalue weighted by Gasteiger charge is -2.58. The Morgan fingerprint density at radius 2 is 2.00 bits per heavy atom. The van der Waals surface area contributed by atoms with Crippen LogP contribution < -0.4 is 0 Å². The molecule has 5 heteroatoms. The molecule has 0 bridgehead atoms. The van der Waals surface area contributed by atoms with Crippen LogP contribution >= 0.6 is 0 Å². The minimum Gasteiger partial charge on any atom is -0.465 e. The van der Waals surface area contributed by atoms with E-state index in [1.54, 1.807) is 0 Å². The fraction of sp³-hybridized carbons (Fsp3) is 0.762. The molecule has 26 heavy (non-hydrogen) atoms. The third kappa shape index (κ3) is 1.91. The molecule has 1 aromatic rings. The Morgan fingerprint density at radius 3 is 2.77 bits per heavy atom. The third-order valence-electron chi connectivity index (χ3n) is 7.78. The van der Waals surface area contributed by atoms with Crippen LogP contribution in [0, 0.1) is 5.41 Å². The summed E-state index contributed by atoms with van der Waals surface area (Å²) in [6.45, 7) is 4.48. The Balaban J connectivity index is 1.82. The van der Waals surface area contributed by atoms with Gasteiger partial charge in [0.1, 0.15) is 0 Å². The summed E-state index contributed by atoms with van der Waals surface area (Å²) in [6, 6.07) is 0.348. The van der Waals surface area contributed by atoms with Crippen molar-refractivity contribution in [1.29, 1.82) is 0 Å². The minimum atomic E-state index is -1.55. The highest BCUT2D eigenvalue weighted by molar-refractivity contribution is 5.78. The van der Waals surface area contributed by atoms with Gasteiger partial charge in [-0.3, -0.25) is 4.90 Å². The Bertz CT molecular complexity index is 770. The van der Waals surface area contributed by atoms with Gasteiger partial charge in [-0.05, 0) is 74.5 Å². The fourth-order valence-corrected chi connectivity index (χ4v) is 6.71. The molecule has 5 rings (SSSR count). The number of hydrogen-bond acceptors (Lipinski definition) is 4. The van der Waals surface area contributed by atoms with Crippen LogP contribution in [0.25, 0.3) is 0 Å². The van der Waals surface area contributed by atoms with Crippen LogP contribution in [0.5, 0.6) is 0 Å².